The number of hydrogen-bond acceptors (Lipinski definition) is 2. The van der Waals surface area contributed by atoms with Gasteiger partial charge in [-0.2, -0.15) is 0 Å². The zero-order valence-corrected chi connectivity index (χ0v) is 9.21. The van der Waals surface area contributed by atoms with Crippen molar-refractivity contribution >= 4 is 21.9 Å². The van der Waals surface area contributed by atoms with Crippen molar-refractivity contribution in [2.24, 2.45) is 0 Å². The zero-order valence-electron chi connectivity index (χ0n) is 8.40. The van der Waals surface area contributed by atoms with E-state index in [9.17, 15) is 8.76 Å². The van der Waals surface area contributed by atoms with Crippen LogP contribution in [0.4, 0.5) is 0 Å². The minimum absolute atomic E-state index is 0.0872. The molecule has 0 heterocycles. The topological polar surface area (TPSA) is 40.1 Å². The van der Waals surface area contributed by atoms with E-state index in [2.05, 4.69) is 0 Å². The van der Waals surface area contributed by atoms with Gasteiger partial charge in [-0.15, -0.1) is 0 Å². The Morgan fingerprint density at radius 2 is 2.07 bits per heavy atom. The van der Waals surface area contributed by atoms with Crippen LogP contribution < -0.4 is 0 Å². The van der Waals surface area contributed by atoms with E-state index in [4.69, 9.17) is 0 Å². The summed E-state index contributed by atoms with van der Waals surface area (Å²) in [7, 11) is 0. The Balaban J connectivity index is 2.52. The molecule has 0 spiro atoms. The molecule has 2 aromatic rings. The maximum absolute atomic E-state index is 10.6. The van der Waals surface area contributed by atoms with Gasteiger partial charge in [0.05, 0.1) is 0 Å². The molecule has 0 aliphatic rings. The highest BCUT2D eigenvalue weighted by molar-refractivity contribution is 7.78. The predicted molar refractivity (Wildman–Crippen MR) is 61.3 cm³/mol. The minimum Gasteiger partial charge on any atom is -0.772 e. The molecule has 3 heteroatoms. The lowest BCUT2D eigenvalue weighted by molar-refractivity contribution is 0.536. The Morgan fingerprint density at radius 3 is 2.80 bits per heavy atom. The molecule has 15 heavy (non-hydrogen) atoms. The van der Waals surface area contributed by atoms with Crippen LogP contribution in [0, 0.1) is 6.92 Å². The van der Waals surface area contributed by atoms with Gasteiger partial charge in [0.25, 0.3) is 0 Å². The second kappa shape index (κ2) is 4.13. The SMILES string of the molecule is Cc1cccc2cc(CS(=O)[O-])ccc12. The normalized spacial score (nSPS) is 12.9. The van der Waals surface area contributed by atoms with E-state index in [1.54, 1.807) is 0 Å². The molecule has 0 aliphatic heterocycles. The summed E-state index contributed by atoms with van der Waals surface area (Å²) >= 11 is -2.01. The van der Waals surface area contributed by atoms with E-state index in [1.165, 1.54) is 10.9 Å². The highest BCUT2D eigenvalue weighted by Crippen LogP contribution is 2.20. The summed E-state index contributed by atoms with van der Waals surface area (Å²) < 4.78 is 21.1. The van der Waals surface area contributed by atoms with Gasteiger partial charge in [-0.25, -0.2) is 0 Å². The van der Waals surface area contributed by atoms with Gasteiger partial charge in [0, 0.05) is 5.75 Å². The van der Waals surface area contributed by atoms with Crippen molar-refractivity contribution in [3.63, 3.8) is 0 Å². The molecule has 1 unspecified atom stereocenters. The molecular weight excluding hydrogens is 208 g/mol. The maximum atomic E-state index is 10.6. The fourth-order valence-corrected chi connectivity index (χ4v) is 2.17. The van der Waals surface area contributed by atoms with Crippen molar-refractivity contribution in [1.29, 1.82) is 0 Å². The van der Waals surface area contributed by atoms with E-state index in [-0.39, 0.29) is 5.75 Å². The largest absolute Gasteiger partial charge is 0.772 e. The van der Waals surface area contributed by atoms with E-state index in [1.807, 2.05) is 43.3 Å². The van der Waals surface area contributed by atoms with Crippen LogP contribution in [0.3, 0.4) is 0 Å². The molecule has 1 atom stereocenters. The third-order valence-corrected chi connectivity index (χ3v) is 3.02. The molecule has 0 aliphatic carbocycles. The second-order valence-corrected chi connectivity index (χ2v) is 4.47. The molecular formula is C12H11O2S-. The molecule has 0 amide bonds. The van der Waals surface area contributed by atoms with Crippen molar-refractivity contribution in [3.05, 3.63) is 47.5 Å². The monoisotopic (exact) mass is 219 g/mol. The summed E-state index contributed by atoms with van der Waals surface area (Å²) in [4.78, 5) is 0. The first-order valence-corrected chi connectivity index (χ1v) is 5.95. The van der Waals surface area contributed by atoms with Crippen LogP contribution in [0.5, 0.6) is 0 Å². The number of rotatable bonds is 2. The Labute approximate surface area is 91.2 Å². The van der Waals surface area contributed by atoms with Crippen LogP contribution in [0.25, 0.3) is 10.8 Å². The number of hydrogen-bond donors (Lipinski definition) is 0. The fraction of sp³-hybridized carbons (Fsp3) is 0.167. The van der Waals surface area contributed by atoms with E-state index in [0.717, 1.165) is 10.9 Å². The highest BCUT2D eigenvalue weighted by atomic mass is 32.2. The summed E-state index contributed by atoms with van der Waals surface area (Å²) in [5.74, 6) is 0.0872. The molecule has 0 radical (unpaired) electrons. The van der Waals surface area contributed by atoms with E-state index in [0.29, 0.717) is 0 Å². The van der Waals surface area contributed by atoms with Gasteiger partial charge in [-0.1, -0.05) is 47.5 Å². The first-order chi connectivity index (χ1) is 7.16. The lowest BCUT2D eigenvalue weighted by atomic mass is 10.0. The van der Waals surface area contributed by atoms with Crippen molar-refractivity contribution in [1.82, 2.24) is 0 Å². The highest BCUT2D eigenvalue weighted by Gasteiger charge is 1.98. The minimum atomic E-state index is -2.01. The van der Waals surface area contributed by atoms with Crippen molar-refractivity contribution in [2.45, 2.75) is 12.7 Å². The van der Waals surface area contributed by atoms with Gasteiger partial charge in [0.15, 0.2) is 0 Å². The van der Waals surface area contributed by atoms with Crippen LogP contribution >= 0.6 is 0 Å². The average molecular weight is 219 g/mol. The Morgan fingerprint density at radius 1 is 1.27 bits per heavy atom. The molecule has 0 bridgehead atoms. The van der Waals surface area contributed by atoms with E-state index < -0.39 is 11.1 Å². The van der Waals surface area contributed by atoms with Gasteiger partial charge >= 0.3 is 0 Å². The van der Waals surface area contributed by atoms with Crippen LogP contribution in [0.1, 0.15) is 11.1 Å². The van der Waals surface area contributed by atoms with E-state index >= 15 is 0 Å². The summed E-state index contributed by atoms with van der Waals surface area (Å²) in [6.45, 7) is 2.05. The number of fused-ring (bicyclic) bond motifs is 1. The molecule has 0 saturated carbocycles. The number of benzene rings is 2. The molecule has 2 rings (SSSR count). The standard InChI is InChI=1S/C12H12O2S/c1-9-3-2-4-11-7-10(8-15(13)14)5-6-12(9)11/h2-7H,8H2,1H3,(H,13,14)/p-1. The first-order valence-electron chi connectivity index (χ1n) is 4.71. The average Bonchev–Trinajstić information content (AvgIpc) is 2.17. The van der Waals surface area contributed by atoms with Gasteiger partial charge in [0.2, 0.25) is 0 Å². The smallest absolute Gasteiger partial charge is 0.0353 e. The Bertz CT molecular complexity index is 520. The van der Waals surface area contributed by atoms with Crippen LogP contribution in [-0.2, 0) is 16.8 Å². The Hall–Kier alpha value is -1.19. The molecule has 2 aromatic carbocycles. The summed E-state index contributed by atoms with van der Waals surface area (Å²) in [5.41, 5.74) is 2.05. The van der Waals surface area contributed by atoms with Gasteiger partial charge in [-0.3, -0.25) is 4.21 Å². The molecule has 0 N–H and O–H groups in total. The fourth-order valence-electron chi connectivity index (χ4n) is 1.72. The third-order valence-electron chi connectivity index (χ3n) is 2.45. The van der Waals surface area contributed by atoms with Crippen LogP contribution in [-0.4, -0.2) is 8.76 Å². The molecule has 0 aromatic heterocycles. The maximum Gasteiger partial charge on any atom is 0.0353 e. The predicted octanol–water partition coefficient (Wildman–Crippen LogP) is 2.53. The second-order valence-electron chi connectivity index (χ2n) is 3.58. The Kier molecular flexibility index (Phi) is 2.84. The molecule has 0 fully saturated rings. The number of aryl methyl sites for hydroxylation is 1. The summed E-state index contributed by atoms with van der Waals surface area (Å²) in [6.07, 6.45) is 0. The van der Waals surface area contributed by atoms with Crippen molar-refractivity contribution < 1.29 is 8.76 Å². The van der Waals surface area contributed by atoms with Crippen molar-refractivity contribution in [3.8, 4) is 0 Å². The molecule has 2 nitrogen and oxygen atoms in total. The van der Waals surface area contributed by atoms with Crippen LogP contribution in [0.15, 0.2) is 36.4 Å². The van der Waals surface area contributed by atoms with Crippen molar-refractivity contribution in [2.75, 3.05) is 0 Å². The van der Waals surface area contributed by atoms with Gasteiger partial charge < -0.3 is 4.55 Å². The van der Waals surface area contributed by atoms with Crippen LogP contribution in [0.2, 0.25) is 0 Å². The zero-order chi connectivity index (χ0) is 10.8. The lowest BCUT2D eigenvalue weighted by Gasteiger charge is -2.07. The lowest BCUT2D eigenvalue weighted by Crippen LogP contribution is -1.93. The molecule has 78 valence electrons. The van der Waals surface area contributed by atoms with Gasteiger partial charge in [-0.05, 0) is 28.8 Å². The van der Waals surface area contributed by atoms with Gasteiger partial charge in [0.1, 0.15) is 0 Å². The third kappa shape index (κ3) is 2.25. The quantitative estimate of drug-likeness (QED) is 0.728. The summed E-state index contributed by atoms with van der Waals surface area (Å²) in [6, 6.07) is 11.8. The first kappa shape index (κ1) is 10.3. The molecule has 0 saturated heterocycles. The summed E-state index contributed by atoms with van der Waals surface area (Å²) in [5, 5.41) is 2.27.